The van der Waals surface area contributed by atoms with E-state index in [4.69, 9.17) is 0 Å². The molecule has 53 heavy (non-hydrogen) atoms. The van der Waals surface area contributed by atoms with Gasteiger partial charge in [0.2, 0.25) is 0 Å². The molecule has 1 unspecified atom stereocenters. The van der Waals surface area contributed by atoms with E-state index in [0.717, 1.165) is 97.2 Å². The molecule has 1 N–H and O–H groups in total. The summed E-state index contributed by atoms with van der Waals surface area (Å²) in [5.74, 6) is 0. The molecule has 8 heteroatoms. The Morgan fingerprint density at radius 3 is 2.45 bits per heavy atom. The van der Waals surface area contributed by atoms with Crippen LogP contribution in [0.1, 0.15) is 82.8 Å². The fourth-order valence-corrected chi connectivity index (χ4v) is 8.10. The first-order chi connectivity index (χ1) is 25.5. The normalized spacial score (nSPS) is 16.0. The van der Waals surface area contributed by atoms with E-state index in [0.29, 0.717) is 0 Å². The van der Waals surface area contributed by atoms with Crippen LogP contribution >= 0.6 is 0 Å². The Labute approximate surface area is 313 Å². The van der Waals surface area contributed by atoms with Crippen molar-refractivity contribution in [2.45, 2.75) is 78.0 Å². The second kappa shape index (κ2) is 14.9. The monoisotopic (exact) mass is 704 g/mol. The van der Waals surface area contributed by atoms with Crippen LogP contribution in [-0.2, 0) is 26.1 Å². The summed E-state index contributed by atoms with van der Waals surface area (Å²) in [5, 5.41) is 16.7. The van der Waals surface area contributed by atoms with Crippen molar-refractivity contribution in [1.29, 1.82) is 0 Å². The third-order valence-corrected chi connectivity index (χ3v) is 11.0. The van der Waals surface area contributed by atoms with Crippen molar-refractivity contribution in [3.63, 3.8) is 0 Å². The SMILES string of the molecule is C=C1CCC(n2c(=C)c3ccc(CCCCCn4cc(CN(C)Cc5c(C)cc(C6=CN(C)C(=C)c7cnccc76)cc5C)nn4)cc3c2=C)C(=C)N1. The molecule has 0 saturated carbocycles. The Balaban J connectivity index is 0.905. The molecule has 3 aromatic heterocycles. The molecule has 5 heterocycles. The molecule has 2 aliphatic rings. The Kier molecular flexibility index (Phi) is 10.1. The molecule has 1 fully saturated rings. The number of rotatable bonds is 12. The van der Waals surface area contributed by atoms with E-state index in [1.807, 2.05) is 24.1 Å². The van der Waals surface area contributed by atoms with Crippen molar-refractivity contribution >= 4 is 35.2 Å². The lowest BCUT2D eigenvalue weighted by atomic mass is 9.88. The van der Waals surface area contributed by atoms with E-state index in [1.54, 1.807) is 0 Å². The quantitative estimate of drug-likeness (QED) is 0.137. The van der Waals surface area contributed by atoms with Crippen LogP contribution in [0.3, 0.4) is 0 Å². The smallest absolute Gasteiger partial charge is 0.0967 e. The van der Waals surface area contributed by atoms with Gasteiger partial charge >= 0.3 is 0 Å². The standard InChI is InChI=1S/C45H52N8/c1-29-21-37(44-28-51(9)33(5)42-24-46-19-18-40(42)44)22-30(2)43(29)27-50(8)25-38-26-52(49-48-38)20-12-10-11-13-36-15-16-39-34(6)53(35(7)41(39)23-36)45-17-14-31(3)47-32(45)4/h15-16,18-19,21-24,26,28,45,47H,3-7,10-14,17,20,25,27H2,1-2,8-9H3. The molecule has 0 bridgehead atoms. The van der Waals surface area contributed by atoms with Gasteiger partial charge in [-0.3, -0.25) is 14.6 Å². The van der Waals surface area contributed by atoms with E-state index in [2.05, 4.69) is 138 Å². The van der Waals surface area contributed by atoms with Crippen molar-refractivity contribution in [1.82, 2.24) is 39.7 Å². The number of fused-ring (bicyclic) bond motifs is 2. The minimum atomic E-state index is 0.145. The van der Waals surface area contributed by atoms with Gasteiger partial charge < -0.3 is 14.8 Å². The fraction of sp³-hybridized carbons (Fsp3) is 0.311. The lowest BCUT2D eigenvalue weighted by Crippen LogP contribution is -2.36. The summed E-state index contributed by atoms with van der Waals surface area (Å²) in [6.07, 6.45) is 14.3. The minimum Gasteiger partial charge on any atom is -0.362 e. The highest BCUT2D eigenvalue weighted by molar-refractivity contribution is 5.90. The number of piperidine rings is 1. The van der Waals surface area contributed by atoms with Gasteiger partial charge in [0.05, 0.1) is 11.7 Å². The fourth-order valence-electron chi connectivity index (χ4n) is 8.10. The number of aromatic nitrogens is 5. The minimum absolute atomic E-state index is 0.145. The van der Waals surface area contributed by atoms with Gasteiger partial charge in [-0.1, -0.05) is 68.8 Å². The maximum atomic E-state index is 4.51. The van der Waals surface area contributed by atoms with E-state index < -0.39 is 0 Å². The van der Waals surface area contributed by atoms with Gasteiger partial charge in [-0.05, 0) is 98.5 Å². The van der Waals surface area contributed by atoms with Crippen LogP contribution in [0.15, 0.2) is 92.3 Å². The van der Waals surface area contributed by atoms with Crippen LogP contribution < -0.4 is 16.0 Å². The van der Waals surface area contributed by atoms with Crippen molar-refractivity contribution in [3.05, 3.63) is 148 Å². The van der Waals surface area contributed by atoms with Crippen molar-refractivity contribution in [3.8, 4) is 0 Å². The molecule has 2 aliphatic heterocycles. The molecule has 2 aromatic carbocycles. The summed E-state index contributed by atoms with van der Waals surface area (Å²) in [7, 11) is 4.20. The Hall–Kier alpha value is -5.47. The van der Waals surface area contributed by atoms with Crippen LogP contribution in [0.2, 0.25) is 0 Å². The Bertz CT molecular complexity index is 2350. The average Bonchev–Trinajstić information content (AvgIpc) is 3.68. The van der Waals surface area contributed by atoms with Gasteiger partial charge in [-0.15, -0.1) is 5.10 Å². The predicted octanol–water partition coefficient (Wildman–Crippen LogP) is 7.37. The highest BCUT2D eigenvalue weighted by Gasteiger charge is 2.23. The summed E-state index contributed by atoms with van der Waals surface area (Å²) in [6, 6.07) is 13.6. The average molecular weight is 705 g/mol. The van der Waals surface area contributed by atoms with Crippen LogP contribution in [-0.4, -0.2) is 48.4 Å². The van der Waals surface area contributed by atoms with Crippen LogP contribution in [0.5, 0.6) is 0 Å². The summed E-state index contributed by atoms with van der Waals surface area (Å²) in [5.41, 5.74) is 13.9. The predicted molar refractivity (Wildman–Crippen MR) is 219 cm³/mol. The number of hydrogen-bond acceptors (Lipinski definition) is 6. The summed E-state index contributed by atoms with van der Waals surface area (Å²) < 4.78 is 4.25. The van der Waals surface area contributed by atoms with Gasteiger partial charge in [0.15, 0.2) is 0 Å². The van der Waals surface area contributed by atoms with Crippen LogP contribution in [0, 0.1) is 13.8 Å². The van der Waals surface area contributed by atoms with Gasteiger partial charge in [0, 0.05) is 101 Å². The second-order valence-electron chi connectivity index (χ2n) is 15.0. The topological polar surface area (TPSA) is 67.0 Å². The first-order valence-electron chi connectivity index (χ1n) is 18.7. The zero-order valence-electron chi connectivity index (χ0n) is 31.9. The summed E-state index contributed by atoms with van der Waals surface area (Å²) in [6.45, 7) is 28.4. The largest absolute Gasteiger partial charge is 0.362 e. The Morgan fingerprint density at radius 1 is 0.906 bits per heavy atom. The van der Waals surface area contributed by atoms with Gasteiger partial charge in [0.25, 0.3) is 0 Å². The number of nitrogens with zero attached hydrogens (tertiary/aromatic N) is 7. The number of benzene rings is 2. The van der Waals surface area contributed by atoms with Crippen molar-refractivity contribution < 1.29 is 0 Å². The van der Waals surface area contributed by atoms with Crippen molar-refractivity contribution in [2.24, 2.45) is 0 Å². The van der Waals surface area contributed by atoms with Crippen LogP contribution in [0.4, 0.5) is 0 Å². The maximum absolute atomic E-state index is 4.51. The van der Waals surface area contributed by atoms with E-state index in [1.165, 1.54) is 49.7 Å². The lowest BCUT2D eigenvalue weighted by molar-refractivity contribution is 0.313. The molecule has 0 radical (unpaired) electrons. The van der Waals surface area contributed by atoms with E-state index >= 15 is 0 Å². The van der Waals surface area contributed by atoms with Gasteiger partial charge in [-0.25, -0.2) is 0 Å². The molecule has 1 saturated heterocycles. The molecule has 7 rings (SSSR count). The zero-order valence-corrected chi connectivity index (χ0v) is 31.9. The van der Waals surface area contributed by atoms with Gasteiger partial charge in [0.1, 0.15) is 0 Å². The molecule has 1 atom stereocenters. The van der Waals surface area contributed by atoms with Crippen molar-refractivity contribution in [2.75, 3.05) is 14.1 Å². The summed E-state index contributed by atoms with van der Waals surface area (Å²) >= 11 is 0. The first-order valence-corrected chi connectivity index (χ1v) is 18.7. The number of nitrogens with one attached hydrogen (secondary N) is 1. The maximum Gasteiger partial charge on any atom is 0.0967 e. The number of aryl methyl sites for hydroxylation is 4. The number of unbranched alkanes of at least 4 members (excludes halogenated alkanes) is 2. The van der Waals surface area contributed by atoms with Crippen LogP contribution in [0.25, 0.3) is 35.2 Å². The van der Waals surface area contributed by atoms with Gasteiger partial charge in [-0.2, -0.15) is 0 Å². The zero-order chi connectivity index (χ0) is 37.4. The molecular weight excluding hydrogens is 653 g/mol. The van der Waals surface area contributed by atoms with E-state index in [9.17, 15) is 0 Å². The third-order valence-electron chi connectivity index (χ3n) is 11.0. The molecular formula is C45H52N8. The molecule has 272 valence electrons. The summed E-state index contributed by atoms with van der Waals surface area (Å²) in [4.78, 5) is 8.75. The molecule has 0 spiro atoms. The molecule has 5 aromatic rings. The number of allylic oxidation sites excluding steroid dienone is 2. The third kappa shape index (κ3) is 7.29. The lowest BCUT2D eigenvalue weighted by Gasteiger charge is -2.29. The Morgan fingerprint density at radius 2 is 1.68 bits per heavy atom. The molecule has 0 aliphatic carbocycles. The number of hydrogen-bond donors (Lipinski definition) is 1. The first kappa shape index (κ1) is 35.9. The van der Waals surface area contributed by atoms with E-state index in [-0.39, 0.29) is 6.04 Å². The number of pyridine rings is 1. The second-order valence-corrected chi connectivity index (χ2v) is 15.0. The molecule has 0 amide bonds. The molecule has 8 nitrogen and oxygen atoms in total. The highest BCUT2D eigenvalue weighted by Crippen LogP contribution is 2.37. The highest BCUT2D eigenvalue weighted by atomic mass is 15.4.